The topological polar surface area (TPSA) is 41.1 Å². The summed E-state index contributed by atoms with van der Waals surface area (Å²) in [5.74, 6) is 0.0955. The van der Waals surface area contributed by atoms with E-state index >= 15 is 0 Å². The van der Waals surface area contributed by atoms with Crippen molar-refractivity contribution >= 4 is 33.4 Å². The van der Waals surface area contributed by atoms with E-state index in [1.807, 2.05) is 25.1 Å². The lowest BCUT2D eigenvalue weighted by Crippen LogP contribution is -2.28. The van der Waals surface area contributed by atoms with Crippen LogP contribution in [0.3, 0.4) is 0 Å². The fourth-order valence-corrected chi connectivity index (χ4v) is 1.89. The van der Waals surface area contributed by atoms with Gasteiger partial charge in [0.15, 0.2) is 0 Å². The largest absolute Gasteiger partial charge is 0.356 e. The van der Waals surface area contributed by atoms with Gasteiger partial charge in [0.1, 0.15) is 0 Å². The first-order valence-corrected chi connectivity index (χ1v) is 7.22. The lowest BCUT2D eigenvalue weighted by Gasteiger charge is -2.06. The molecule has 0 atom stereocenters. The third-order valence-electron chi connectivity index (χ3n) is 2.41. The second kappa shape index (κ2) is 8.51. The molecule has 0 fully saturated rings. The third kappa shape index (κ3) is 5.85. The normalized spacial score (nSPS) is 10.4. The Morgan fingerprint density at radius 2 is 2.17 bits per heavy atom. The molecule has 100 valence electrons. The Labute approximate surface area is 121 Å². The minimum absolute atomic E-state index is 0.0955. The maximum absolute atomic E-state index is 11.3. The number of hydrogen-bond donors (Lipinski definition) is 2. The van der Waals surface area contributed by atoms with E-state index in [1.54, 1.807) is 0 Å². The van der Waals surface area contributed by atoms with Crippen LogP contribution in [0.2, 0.25) is 5.02 Å². The Kier molecular flexibility index (Phi) is 7.32. The molecule has 0 saturated heterocycles. The summed E-state index contributed by atoms with van der Waals surface area (Å²) in [6.45, 7) is 4.17. The first-order valence-electron chi connectivity index (χ1n) is 6.04. The molecule has 0 aliphatic rings. The zero-order valence-electron chi connectivity index (χ0n) is 10.4. The molecule has 0 unspecified atom stereocenters. The van der Waals surface area contributed by atoms with E-state index in [4.69, 9.17) is 11.6 Å². The van der Waals surface area contributed by atoms with Gasteiger partial charge in [-0.25, -0.2) is 0 Å². The van der Waals surface area contributed by atoms with E-state index in [0.29, 0.717) is 24.5 Å². The van der Waals surface area contributed by atoms with Gasteiger partial charge in [0.05, 0.1) is 5.02 Å². The Bertz CT molecular complexity index is 399. The summed E-state index contributed by atoms with van der Waals surface area (Å²) in [6, 6.07) is 5.84. The number of hydrogen-bond acceptors (Lipinski definition) is 2. The smallest absolute Gasteiger partial charge is 0.221 e. The van der Waals surface area contributed by atoms with Crippen LogP contribution in [0.15, 0.2) is 22.7 Å². The first-order chi connectivity index (χ1) is 8.63. The molecule has 18 heavy (non-hydrogen) atoms. The van der Waals surface area contributed by atoms with Gasteiger partial charge in [-0.3, -0.25) is 4.79 Å². The number of amides is 1. The highest BCUT2D eigenvalue weighted by Crippen LogP contribution is 2.22. The summed E-state index contributed by atoms with van der Waals surface area (Å²) in [4.78, 5) is 11.3. The molecule has 1 aromatic rings. The summed E-state index contributed by atoms with van der Waals surface area (Å²) in [5, 5.41) is 6.77. The average Bonchev–Trinajstić information content (AvgIpc) is 2.36. The van der Waals surface area contributed by atoms with Crippen molar-refractivity contribution in [3.63, 3.8) is 0 Å². The maximum Gasteiger partial charge on any atom is 0.221 e. The van der Waals surface area contributed by atoms with Gasteiger partial charge in [0.2, 0.25) is 5.91 Å². The standard InChI is InChI=1S/C13H18BrClN2O/c1-2-6-17-13(18)5-7-16-9-10-3-4-11(14)12(15)8-10/h3-4,8,16H,2,5-7,9H2,1H3,(H,17,18). The van der Waals surface area contributed by atoms with E-state index in [1.165, 1.54) is 0 Å². The predicted octanol–water partition coefficient (Wildman–Crippen LogP) is 3.11. The number of carbonyl (C=O) groups excluding carboxylic acids is 1. The van der Waals surface area contributed by atoms with Crippen LogP contribution < -0.4 is 10.6 Å². The number of benzene rings is 1. The number of halogens is 2. The number of carbonyl (C=O) groups is 1. The molecule has 0 aliphatic carbocycles. The van der Waals surface area contributed by atoms with Crippen molar-refractivity contribution in [2.75, 3.05) is 13.1 Å². The van der Waals surface area contributed by atoms with Crippen LogP contribution in [0.5, 0.6) is 0 Å². The van der Waals surface area contributed by atoms with Crippen LogP contribution in [0.25, 0.3) is 0 Å². The molecule has 3 nitrogen and oxygen atoms in total. The minimum atomic E-state index is 0.0955. The van der Waals surface area contributed by atoms with E-state index < -0.39 is 0 Å². The molecule has 0 aromatic heterocycles. The highest BCUT2D eigenvalue weighted by atomic mass is 79.9. The summed E-state index contributed by atoms with van der Waals surface area (Å²) in [6.07, 6.45) is 1.47. The van der Waals surface area contributed by atoms with E-state index in [9.17, 15) is 4.79 Å². The average molecular weight is 334 g/mol. The summed E-state index contributed by atoms with van der Waals surface area (Å²) >= 11 is 9.34. The van der Waals surface area contributed by atoms with Crippen molar-refractivity contribution in [3.8, 4) is 0 Å². The monoisotopic (exact) mass is 332 g/mol. The van der Waals surface area contributed by atoms with E-state index in [0.717, 1.165) is 23.0 Å². The zero-order valence-corrected chi connectivity index (χ0v) is 12.8. The molecule has 1 aromatic carbocycles. The molecule has 2 N–H and O–H groups in total. The Morgan fingerprint density at radius 1 is 1.39 bits per heavy atom. The first kappa shape index (κ1) is 15.5. The molecule has 0 heterocycles. The highest BCUT2D eigenvalue weighted by molar-refractivity contribution is 9.10. The van der Waals surface area contributed by atoms with Gasteiger partial charge in [-0.15, -0.1) is 0 Å². The lowest BCUT2D eigenvalue weighted by molar-refractivity contribution is -0.120. The molecule has 1 amide bonds. The highest BCUT2D eigenvalue weighted by Gasteiger charge is 2.01. The van der Waals surface area contributed by atoms with Crippen LogP contribution in [-0.2, 0) is 11.3 Å². The van der Waals surface area contributed by atoms with Gasteiger partial charge < -0.3 is 10.6 Å². The molecule has 1 rings (SSSR count). The molecule has 5 heteroatoms. The minimum Gasteiger partial charge on any atom is -0.356 e. The van der Waals surface area contributed by atoms with Crippen LogP contribution >= 0.6 is 27.5 Å². The Hall–Kier alpha value is -0.580. The third-order valence-corrected chi connectivity index (χ3v) is 3.65. The molecule has 0 aliphatic heterocycles. The van der Waals surface area contributed by atoms with Crippen LogP contribution in [-0.4, -0.2) is 19.0 Å². The second-order valence-corrected chi connectivity index (χ2v) is 5.29. The lowest BCUT2D eigenvalue weighted by atomic mass is 10.2. The predicted molar refractivity (Wildman–Crippen MR) is 78.8 cm³/mol. The fraction of sp³-hybridized carbons (Fsp3) is 0.462. The second-order valence-electron chi connectivity index (χ2n) is 4.03. The molecular formula is C13H18BrClN2O. The van der Waals surface area contributed by atoms with Crippen LogP contribution in [0.1, 0.15) is 25.3 Å². The van der Waals surface area contributed by atoms with Gasteiger partial charge in [-0.1, -0.05) is 24.6 Å². The zero-order chi connectivity index (χ0) is 13.4. The van der Waals surface area contributed by atoms with Crippen molar-refractivity contribution in [2.45, 2.75) is 26.3 Å². The molecule has 0 saturated carbocycles. The SMILES string of the molecule is CCCNC(=O)CCNCc1ccc(Br)c(Cl)c1. The summed E-state index contributed by atoms with van der Waals surface area (Å²) < 4.78 is 0.895. The molecule has 0 spiro atoms. The van der Waals surface area contributed by atoms with Gasteiger partial charge in [-0.05, 0) is 40.0 Å². The Balaban J connectivity index is 2.21. The van der Waals surface area contributed by atoms with Crippen molar-refractivity contribution in [3.05, 3.63) is 33.3 Å². The maximum atomic E-state index is 11.3. The van der Waals surface area contributed by atoms with Crippen molar-refractivity contribution < 1.29 is 4.79 Å². The van der Waals surface area contributed by atoms with Crippen LogP contribution in [0.4, 0.5) is 0 Å². The number of nitrogens with one attached hydrogen (secondary N) is 2. The summed E-state index contributed by atoms with van der Waals surface area (Å²) in [5.41, 5.74) is 1.11. The van der Waals surface area contributed by atoms with E-state index in [-0.39, 0.29) is 5.91 Å². The fourth-order valence-electron chi connectivity index (χ4n) is 1.44. The Morgan fingerprint density at radius 3 is 2.83 bits per heavy atom. The molecule has 0 bridgehead atoms. The van der Waals surface area contributed by atoms with Crippen LogP contribution in [0, 0.1) is 0 Å². The quantitative estimate of drug-likeness (QED) is 0.753. The summed E-state index contributed by atoms with van der Waals surface area (Å²) in [7, 11) is 0. The molecular weight excluding hydrogens is 316 g/mol. The van der Waals surface area contributed by atoms with Gasteiger partial charge in [0.25, 0.3) is 0 Å². The number of rotatable bonds is 7. The van der Waals surface area contributed by atoms with E-state index in [2.05, 4.69) is 26.6 Å². The van der Waals surface area contributed by atoms with Crippen molar-refractivity contribution in [1.82, 2.24) is 10.6 Å². The van der Waals surface area contributed by atoms with Crippen molar-refractivity contribution in [1.29, 1.82) is 0 Å². The molecule has 0 radical (unpaired) electrons. The van der Waals surface area contributed by atoms with Gasteiger partial charge in [0, 0.05) is 30.5 Å². The van der Waals surface area contributed by atoms with Crippen molar-refractivity contribution in [2.24, 2.45) is 0 Å². The van der Waals surface area contributed by atoms with Gasteiger partial charge >= 0.3 is 0 Å². The van der Waals surface area contributed by atoms with Gasteiger partial charge in [-0.2, -0.15) is 0 Å².